The van der Waals surface area contributed by atoms with Crippen LogP contribution in [0.15, 0.2) is 90.2 Å². The summed E-state index contributed by atoms with van der Waals surface area (Å²) in [6.45, 7) is 11.7. The van der Waals surface area contributed by atoms with E-state index in [1.165, 1.54) is 35.9 Å². The summed E-state index contributed by atoms with van der Waals surface area (Å²) in [6.07, 6.45) is 10.6. The highest BCUT2D eigenvalue weighted by Gasteiger charge is 2.50. The maximum absolute atomic E-state index is 14.9. The van der Waals surface area contributed by atoms with Gasteiger partial charge in [-0.1, -0.05) is 38.1 Å². The van der Waals surface area contributed by atoms with Crippen LogP contribution in [0.1, 0.15) is 111 Å². The number of hydrogen-bond acceptors (Lipinski definition) is 16. The molecule has 10 rings (SSSR count). The molecule has 0 radical (unpaired) electrons. The number of anilines is 2. The number of sulfonamides is 1. The van der Waals surface area contributed by atoms with Crippen LogP contribution in [0.25, 0.3) is 11.0 Å². The number of H-pyrrole nitrogens is 1. The molecule has 21 heteroatoms. The molecule has 4 fully saturated rings. The van der Waals surface area contributed by atoms with Crippen LogP contribution in [0.5, 0.6) is 23.3 Å². The zero-order chi connectivity index (χ0) is 54.2. The van der Waals surface area contributed by atoms with Crippen LogP contribution in [0.2, 0.25) is 0 Å². The van der Waals surface area contributed by atoms with Crippen LogP contribution in [0.4, 0.5) is 21.6 Å². The number of halogens is 1. The van der Waals surface area contributed by atoms with Gasteiger partial charge in [-0.15, -0.1) is 0 Å². The van der Waals surface area contributed by atoms with E-state index >= 15 is 0 Å². The van der Waals surface area contributed by atoms with Crippen molar-refractivity contribution in [2.24, 2.45) is 11.3 Å². The second-order valence-electron chi connectivity index (χ2n) is 21.9. The number of benzene rings is 2. The van der Waals surface area contributed by atoms with Crippen molar-refractivity contribution in [3.05, 3.63) is 124 Å². The Morgan fingerprint density at radius 3 is 2.47 bits per heavy atom. The number of hydrogen-bond donors (Lipinski definition) is 4. The number of rotatable bonds is 17. The second kappa shape index (κ2) is 21.8. The summed E-state index contributed by atoms with van der Waals surface area (Å²) in [5, 5.41) is 25.7. The quantitative estimate of drug-likeness (QED) is 0.0493. The van der Waals surface area contributed by atoms with Gasteiger partial charge in [-0.3, -0.25) is 24.7 Å². The van der Waals surface area contributed by atoms with Crippen LogP contribution in [0, 0.1) is 27.3 Å². The number of methoxy groups -OCH3 is 2. The van der Waals surface area contributed by atoms with Crippen molar-refractivity contribution < 1.29 is 41.8 Å². The number of nitrogens with one attached hydrogen (secondary N) is 3. The average Bonchev–Trinajstić information content (AvgIpc) is 3.82. The Bertz CT molecular complexity index is 3260. The number of pyridine rings is 3. The largest absolute Gasteiger partial charge is 0.481 e. The molecule has 1 atom stereocenters. The Morgan fingerprint density at radius 2 is 1.74 bits per heavy atom. The van der Waals surface area contributed by atoms with E-state index in [9.17, 15) is 32.8 Å². The zero-order valence-corrected chi connectivity index (χ0v) is 44.9. The second-order valence-corrected chi connectivity index (χ2v) is 23.6. The van der Waals surface area contributed by atoms with Crippen molar-refractivity contribution in [3.63, 3.8) is 0 Å². The lowest BCUT2D eigenvalue weighted by atomic mass is 9.59. The molecule has 4 aromatic heterocycles. The number of piperidine rings is 1. The highest BCUT2D eigenvalue weighted by Crippen LogP contribution is 2.53. The summed E-state index contributed by atoms with van der Waals surface area (Å²) in [7, 11) is -1.73. The van der Waals surface area contributed by atoms with Crippen molar-refractivity contribution >= 4 is 44.2 Å². The van der Waals surface area contributed by atoms with Crippen molar-refractivity contribution in [1.29, 1.82) is 0 Å². The van der Waals surface area contributed by atoms with E-state index in [-0.39, 0.29) is 57.2 Å². The van der Waals surface area contributed by atoms with Crippen LogP contribution in [0.3, 0.4) is 0 Å². The first-order valence-electron chi connectivity index (χ1n) is 26.4. The number of nitro groups is 1. The van der Waals surface area contributed by atoms with E-state index in [0.29, 0.717) is 50.1 Å². The van der Waals surface area contributed by atoms with Crippen molar-refractivity contribution in [2.75, 3.05) is 63.7 Å². The standard InChI is InChI=1S/C56H67FN10O9S/c1-35(2)41-8-6-7-9-42(41)47-34-64(33-37-14-19-58-50(24-37)74-4)22-23-66(47)39-28-56(29-39)17-20-65(21-18-56)38-10-11-43(48(25-38)76-49-27-44-45(57)32-61-51(44)62-54(49)75-5)53(68)63-77(72,73)40-26-46(67(70)71)52(60-31-40)59-30-36-12-15-55(3,69)16-13-36/h6-11,14,19,24-27,31-32,35-36,39,47,69H,12-13,15-18,20-23,28-30,33-34H2,1-5H3,(H,59,60)(H,61,62)(H,63,68)/t36?,47-,55?/m0/s1. The van der Waals surface area contributed by atoms with Crippen LogP contribution in [-0.2, 0) is 16.6 Å². The van der Waals surface area contributed by atoms with Gasteiger partial charge in [0.15, 0.2) is 5.75 Å². The highest BCUT2D eigenvalue weighted by molar-refractivity contribution is 7.90. The number of nitrogens with zero attached hydrogens (tertiary/aromatic N) is 7. The first-order chi connectivity index (χ1) is 36.9. The summed E-state index contributed by atoms with van der Waals surface area (Å²) in [5.74, 6) is -0.775. The predicted octanol–water partition coefficient (Wildman–Crippen LogP) is 9.11. The number of amides is 1. The molecule has 1 spiro atoms. The van der Waals surface area contributed by atoms with Gasteiger partial charge in [-0.25, -0.2) is 27.5 Å². The fourth-order valence-corrected chi connectivity index (χ4v) is 12.9. The van der Waals surface area contributed by atoms with Crippen molar-refractivity contribution in [3.8, 4) is 23.3 Å². The molecule has 0 unspecified atom stereocenters. The summed E-state index contributed by atoms with van der Waals surface area (Å²) >= 11 is 0. The molecule has 1 amide bonds. The van der Waals surface area contributed by atoms with Crippen LogP contribution in [-0.4, -0.2) is 119 Å². The minimum absolute atomic E-state index is 0.0172. The fourth-order valence-electron chi connectivity index (χ4n) is 11.9. The number of fused-ring (bicyclic) bond motifs is 1. The van der Waals surface area contributed by atoms with Gasteiger partial charge < -0.3 is 34.5 Å². The maximum atomic E-state index is 14.9. The Kier molecular flexibility index (Phi) is 15.2. The summed E-state index contributed by atoms with van der Waals surface area (Å²) in [6, 6.07) is 20.7. The molecule has 4 aliphatic rings. The van der Waals surface area contributed by atoms with Crippen LogP contribution < -0.4 is 29.1 Å². The molecule has 2 aromatic carbocycles. The van der Waals surface area contributed by atoms with Gasteiger partial charge in [-0.2, -0.15) is 4.98 Å². The molecule has 408 valence electrons. The van der Waals surface area contributed by atoms with E-state index in [2.05, 4.69) is 88.9 Å². The minimum Gasteiger partial charge on any atom is -0.481 e. The van der Waals surface area contributed by atoms with Gasteiger partial charge in [-0.05, 0) is 110 Å². The molecule has 2 aliphatic carbocycles. The number of piperazine rings is 1. The molecular weight excluding hydrogens is 1010 g/mol. The van der Waals surface area contributed by atoms with Gasteiger partial charge in [0.1, 0.15) is 22.1 Å². The summed E-state index contributed by atoms with van der Waals surface area (Å²) in [4.78, 5) is 48.2. The first-order valence-corrected chi connectivity index (χ1v) is 27.9. The van der Waals surface area contributed by atoms with E-state index < -0.39 is 42.9 Å². The third-order valence-electron chi connectivity index (χ3n) is 16.4. The molecule has 6 heterocycles. The Hall–Kier alpha value is -6.94. The zero-order valence-electron chi connectivity index (χ0n) is 44.1. The number of ether oxygens (including phenoxy) is 3. The van der Waals surface area contributed by atoms with E-state index in [0.717, 1.165) is 89.1 Å². The predicted molar refractivity (Wildman–Crippen MR) is 289 cm³/mol. The molecule has 2 aliphatic heterocycles. The lowest BCUT2D eigenvalue weighted by molar-refractivity contribution is -0.384. The molecular formula is C56H67FN10O9S. The number of aliphatic hydroxyl groups is 1. The average molecular weight is 1080 g/mol. The van der Waals surface area contributed by atoms with Gasteiger partial charge in [0.05, 0.1) is 41.9 Å². The Labute approximate surface area is 447 Å². The highest BCUT2D eigenvalue weighted by atomic mass is 32.2. The maximum Gasteiger partial charge on any atom is 0.312 e. The number of carbonyl (C=O) groups excluding carboxylic acids is 1. The normalized spacial score (nSPS) is 21.2. The monoisotopic (exact) mass is 1070 g/mol. The van der Waals surface area contributed by atoms with Crippen LogP contribution >= 0.6 is 0 Å². The summed E-state index contributed by atoms with van der Waals surface area (Å²) in [5.41, 5.74) is 3.50. The smallest absolute Gasteiger partial charge is 0.312 e. The molecule has 2 saturated heterocycles. The number of aromatic nitrogens is 4. The SMILES string of the molecule is COc1cc(CN2CCN(C3CC4(CCN(c5ccc(C(=O)NS(=O)(=O)c6cnc(NCC7CCC(C)(O)CC7)c([N+](=O)[O-])c6)c(Oc6cc7c(F)c[nH]c7nc6OC)c5)CC4)C3)[C@H](c3ccccc3C(C)C)C2)ccn1. The molecule has 6 aromatic rings. The molecule has 0 bridgehead atoms. The van der Waals surface area contributed by atoms with Gasteiger partial charge in [0.25, 0.3) is 21.8 Å². The molecule has 4 N–H and O–H groups in total. The van der Waals surface area contributed by atoms with E-state index in [1.54, 1.807) is 32.4 Å². The Morgan fingerprint density at radius 1 is 0.974 bits per heavy atom. The van der Waals surface area contributed by atoms with Gasteiger partial charge in [0, 0.05) is 100 Å². The third-order valence-corrected chi connectivity index (χ3v) is 17.7. The van der Waals surface area contributed by atoms with E-state index in [4.69, 9.17) is 14.2 Å². The number of aromatic amines is 1. The lowest BCUT2D eigenvalue weighted by Crippen LogP contribution is -2.60. The van der Waals surface area contributed by atoms with E-state index in [1.807, 2.05) is 6.07 Å². The molecule has 77 heavy (non-hydrogen) atoms. The molecule has 2 saturated carbocycles. The molecule has 19 nitrogen and oxygen atoms in total. The topological polar surface area (TPSA) is 231 Å². The fraction of sp³-hybridized carbons (Fsp3) is 0.464. The van der Waals surface area contributed by atoms with Gasteiger partial charge in [0.2, 0.25) is 11.7 Å². The summed E-state index contributed by atoms with van der Waals surface area (Å²) < 4.78 is 62.1. The van der Waals surface area contributed by atoms with Crippen molar-refractivity contribution in [2.45, 2.75) is 107 Å². The minimum atomic E-state index is -4.75. The third kappa shape index (κ3) is 11.5. The van der Waals surface area contributed by atoms with Crippen molar-refractivity contribution in [1.82, 2.24) is 34.5 Å². The Balaban J connectivity index is 0.858. The number of carbonyl (C=O) groups is 1. The first kappa shape index (κ1) is 53.5. The van der Waals surface area contributed by atoms with Gasteiger partial charge >= 0.3 is 5.69 Å². The lowest BCUT2D eigenvalue weighted by Gasteiger charge is -2.58.